The Morgan fingerprint density at radius 1 is 1.39 bits per heavy atom. The van der Waals surface area contributed by atoms with Gasteiger partial charge in [-0.2, -0.15) is 0 Å². The molecule has 0 aliphatic carbocycles. The third-order valence-corrected chi connectivity index (χ3v) is 4.10. The van der Waals surface area contributed by atoms with Crippen molar-refractivity contribution in [3.63, 3.8) is 0 Å². The normalized spacial score (nSPS) is 12.4. The minimum Gasteiger partial charge on any atom is -0.494 e. The molecule has 1 atom stereocenters. The molecule has 18 heavy (non-hydrogen) atoms. The number of hydrogen-bond acceptors (Lipinski definition) is 3. The molecule has 2 nitrogen and oxygen atoms in total. The first-order valence-corrected chi connectivity index (χ1v) is 6.64. The largest absolute Gasteiger partial charge is 0.494 e. The van der Waals surface area contributed by atoms with Crippen LogP contribution in [0.1, 0.15) is 16.4 Å². The van der Waals surface area contributed by atoms with Crippen molar-refractivity contribution < 1.29 is 9.13 Å². The summed E-state index contributed by atoms with van der Waals surface area (Å²) in [7, 11) is 1.44. The van der Waals surface area contributed by atoms with Crippen LogP contribution in [0.25, 0.3) is 0 Å². The van der Waals surface area contributed by atoms with Gasteiger partial charge >= 0.3 is 0 Å². The molecule has 1 aromatic carbocycles. The Bertz CT molecular complexity index is 544. The topological polar surface area (TPSA) is 35.2 Å². The number of hydrogen-bond donors (Lipinski definition) is 1. The molecular formula is C13H13ClFNOS. The summed E-state index contributed by atoms with van der Waals surface area (Å²) in [6.07, 6.45) is 0. The van der Waals surface area contributed by atoms with Gasteiger partial charge in [0.25, 0.3) is 0 Å². The molecule has 0 aliphatic rings. The van der Waals surface area contributed by atoms with E-state index in [9.17, 15) is 4.39 Å². The van der Waals surface area contributed by atoms with Gasteiger partial charge in [0.2, 0.25) is 0 Å². The molecule has 2 aromatic rings. The fourth-order valence-electron chi connectivity index (χ4n) is 1.83. The van der Waals surface area contributed by atoms with Crippen molar-refractivity contribution in [2.45, 2.75) is 5.92 Å². The van der Waals surface area contributed by atoms with Crippen LogP contribution < -0.4 is 10.5 Å². The van der Waals surface area contributed by atoms with Gasteiger partial charge in [-0.15, -0.1) is 11.3 Å². The lowest BCUT2D eigenvalue weighted by Gasteiger charge is -2.14. The van der Waals surface area contributed by atoms with Crippen LogP contribution in [-0.4, -0.2) is 13.7 Å². The molecule has 5 heteroatoms. The predicted molar refractivity (Wildman–Crippen MR) is 73.2 cm³/mol. The van der Waals surface area contributed by atoms with Crippen molar-refractivity contribution >= 4 is 22.9 Å². The van der Waals surface area contributed by atoms with Gasteiger partial charge in [-0.05, 0) is 29.8 Å². The summed E-state index contributed by atoms with van der Waals surface area (Å²) in [6.45, 7) is 0.405. The van der Waals surface area contributed by atoms with E-state index >= 15 is 0 Å². The van der Waals surface area contributed by atoms with Crippen molar-refractivity contribution in [2.75, 3.05) is 13.7 Å². The van der Waals surface area contributed by atoms with E-state index in [0.717, 1.165) is 10.4 Å². The Kier molecular flexibility index (Phi) is 4.22. The summed E-state index contributed by atoms with van der Waals surface area (Å²) < 4.78 is 19.3. The summed E-state index contributed by atoms with van der Waals surface area (Å²) in [4.78, 5) is 1.03. The maximum absolute atomic E-state index is 13.7. The van der Waals surface area contributed by atoms with Gasteiger partial charge in [0, 0.05) is 17.3 Å². The minimum atomic E-state index is -0.379. The Hall–Kier alpha value is -1.10. The number of halogens is 2. The van der Waals surface area contributed by atoms with Gasteiger partial charge in [-0.1, -0.05) is 17.7 Å². The number of rotatable bonds is 4. The van der Waals surface area contributed by atoms with E-state index in [0.29, 0.717) is 10.9 Å². The molecular weight excluding hydrogens is 273 g/mol. The monoisotopic (exact) mass is 285 g/mol. The summed E-state index contributed by atoms with van der Waals surface area (Å²) in [5, 5.41) is 0. The lowest BCUT2D eigenvalue weighted by molar-refractivity contribution is 0.386. The lowest BCUT2D eigenvalue weighted by Crippen LogP contribution is -2.13. The molecule has 2 rings (SSSR count). The van der Waals surface area contributed by atoms with E-state index < -0.39 is 0 Å². The SMILES string of the molecule is COc1ccc(C(CN)c2ccc(Cl)s2)cc1F. The molecule has 0 amide bonds. The van der Waals surface area contributed by atoms with Crippen LogP contribution in [-0.2, 0) is 0 Å². The zero-order valence-electron chi connectivity index (χ0n) is 9.82. The smallest absolute Gasteiger partial charge is 0.165 e. The van der Waals surface area contributed by atoms with Crippen molar-refractivity contribution in [1.82, 2.24) is 0 Å². The molecule has 0 bridgehead atoms. The zero-order valence-corrected chi connectivity index (χ0v) is 11.4. The van der Waals surface area contributed by atoms with Crippen LogP contribution in [0.5, 0.6) is 5.75 Å². The minimum absolute atomic E-state index is 0.0390. The first kappa shape index (κ1) is 13.3. The first-order valence-electron chi connectivity index (χ1n) is 5.44. The highest BCUT2D eigenvalue weighted by Gasteiger charge is 2.16. The maximum atomic E-state index is 13.7. The highest BCUT2D eigenvalue weighted by Crippen LogP contribution is 2.33. The van der Waals surface area contributed by atoms with Gasteiger partial charge in [0.15, 0.2) is 11.6 Å². The first-order chi connectivity index (χ1) is 8.65. The van der Waals surface area contributed by atoms with E-state index in [1.165, 1.54) is 24.5 Å². The maximum Gasteiger partial charge on any atom is 0.165 e. The fourth-order valence-corrected chi connectivity index (χ4v) is 3.03. The average Bonchev–Trinajstić information content (AvgIpc) is 2.77. The van der Waals surface area contributed by atoms with E-state index in [2.05, 4.69) is 0 Å². The molecule has 0 saturated carbocycles. The predicted octanol–water partition coefficient (Wildman–Crippen LogP) is 3.64. The molecule has 0 aliphatic heterocycles. The van der Waals surface area contributed by atoms with E-state index in [1.54, 1.807) is 6.07 Å². The number of thiophene rings is 1. The summed E-state index contributed by atoms with van der Waals surface area (Å²) in [6, 6.07) is 8.65. The van der Waals surface area contributed by atoms with Crippen molar-refractivity contribution in [3.05, 3.63) is 50.9 Å². The average molecular weight is 286 g/mol. The zero-order chi connectivity index (χ0) is 13.1. The molecule has 0 radical (unpaired) electrons. The van der Waals surface area contributed by atoms with E-state index in [4.69, 9.17) is 22.1 Å². The molecule has 96 valence electrons. The highest BCUT2D eigenvalue weighted by atomic mass is 35.5. The van der Waals surface area contributed by atoms with Crippen LogP contribution in [0, 0.1) is 5.82 Å². The molecule has 1 heterocycles. The van der Waals surface area contributed by atoms with Crippen LogP contribution >= 0.6 is 22.9 Å². The van der Waals surface area contributed by atoms with E-state index in [1.807, 2.05) is 18.2 Å². The van der Waals surface area contributed by atoms with E-state index in [-0.39, 0.29) is 17.5 Å². The summed E-state index contributed by atoms with van der Waals surface area (Å²) in [5.41, 5.74) is 6.60. The molecule has 1 aromatic heterocycles. The van der Waals surface area contributed by atoms with Gasteiger partial charge in [0.05, 0.1) is 11.4 Å². The van der Waals surface area contributed by atoms with Gasteiger partial charge in [-0.25, -0.2) is 4.39 Å². The number of ether oxygens (including phenoxy) is 1. The van der Waals surface area contributed by atoms with Crippen molar-refractivity contribution in [1.29, 1.82) is 0 Å². The second-order valence-corrected chi connectivity index (χ2v) is 5.57. The Morgan fingerprint density at radius 2 is 2.17 bits per heavy atom. The van der Waals surface area contributed by atoms with Gasteiger partial charge < -0.3 is 10.5 Å². The highest BCUT2D eigenvalue weighted by molar-refractivity contribution is 7.16. The van der Waals surface area contributed by atoms with Crippen LogP contribution in [0.4, 0.5) is 4.39 Å². The summed E-state index contributed by atoms with van der Waals surface area (Å²) in [5.74, 6) is -0.183. The Balaban J connectivity index is 2.36. The molecule has 0 spiro atoms. The van der Waals surface area contributed by atoms with Crippen LogP contribution in [0.3, 0.4) is 0 Å². The van der Waals surface area contributed by atoms with Crippen LogP contribution in [0.15, 0.2) is 30.3 Å². The fraction of sp³-hybridized carbons (Fsp3) is 0.231. The number of benzene rings is 1. The Labute approximate surface area is 114 Å². The van der Waals surface area contributed by atoms with Crippen LogP contribution in [0.2, 0.25) is 4.34 Å². The number of methoxy groups -OCH3 is 1. The van der Waals surface area contributed by atoms with Crippen molar-refractivity contribution in [3.8, 4) is 5.75 Å². The van der Waals surface area contributed by atoms with Gasteiger partial charge in [0.1, 0.15) is 0 Å². The summed E-state index contributed by atoms with van der Waals surface area (Å²) >= 11 is 7.37. The standard InChI is InChI=1S/C13H13ClFNOS/c1-17-11-3-2-8(6-10(11)15)9(7-16)12-4-5-13(14)18-12/h2-6,9H,7,16H2,1H3. The van der Waals surface area contributed by atoms with Crippen molar-refractivity contribution in [2.24, 2.45) is 5.73 Å². The number of nitrogens with two attached hydrogens (primary N) is 1. The Morgan fingerprint density at radius 3 is 2.67 bits per heavy atom. The third kappa shape index (κ3) is 2.66. The lowest BCUT2D eigenvalue weighted by atomic mass is 9.97. The second kappa shape index (κ2) is 5.69. The quantitative estimate of drug-likeness (QED) is 0.931. The molecule has 0 saturated heterocycles. The molecule has 2 N–H and O–H groups in total. The molecule has 0 fully saturated rings. The third-order valence-electron chi connectivity index (χ3n) is 2.75. The second-order valence-electron chi connectivity index (χ2n) is 3.82. The van der Waals surface area contributed by atoms with Gasteiger partial charge in [-0.3, -0.25) is 0 Å². The molecule has 1 unspecified atom stereocenters.